The van der Waals surface area contributed by atoms with Crippen LogP contribution < -0.4 is 0 Å². The van der Waals surface area contributed by atoms with Crippen LogP contribution in [0.4, 0.5) is 0 Å². The predicted octanol–water partition coefficient (Wildman–Crippen LogP) is 3.17. The lowest BCUT2D eigenvalue weighted by Crippen LogP contribution is -1.89. The molecule has 1 aromatic rings. The Balaban J connectivity index is 2.36. The summed E-state index contributed by atoms with van der Waals surface area (Å²) in [5.41, 5.74) is 2.66. The highest BCUT2D eigenvalue weighted by Gasteiger charge is 2.34. The average molecular weight is 182 g/mol. The van der Waals surface area contributed by atoms with Gasteiger partial charge in [0, 0.05) is 6.20 Å². The summed E-state index contributed by atoms with van der Waals surface area (Å²) in [5.74, 6) is 1.58. The molecule has 0 bridgehead atoms. The number of aryl methyl sites for hydroxylation is 1. The van der Waals surface area contributed by atoms with E-state index in [4.69, 9.17) is 11.6 Å². The van der Waals surface area contributed by atoms with Gasteiger partial charge in [-0.25, -0.2) is 4.98 Å². The molecule has 1 aliphatic rings. The second-order valence-electron chi connectivity index (χ2n) is 3.68. The molecule has 0 aliphatic heterocycles. The fraction of sp³-hybridized carbons (Fsp3) is 0.500. The van der Waals surface area contributed by atoms with Gasteiger partial charge in [-0.05, 0) is 42.4 Å². The predicted molar refractivity (Wildman–Crippen MR) is 50.5 cm³/mol. The van der Waals surface area contributed by atoms with Gasteiger partial charge in [0.05, 0.1) is 0 Å². The zero-order valence-corrected chi connectivity index (χ0v) is 8.10. The van der Waals surface area contributed by atoms with Crippen LogP contribution in [0, 0.1) is 12.8 Å². The second-order valence-corrected chi connectivity index (χ2v) is 4.07. The Morgan fingerprint density at radius 2 is 2.25 bits per heavy atom. The molecule has 2 unspecified atom stereocenters. The van der Waals surface area contributed by atoms with E-state index in [-0.39, 0.29) is 0 Å². The van der Waals surface area contributed by atoms with E-state index in [1.54, 1.807) is 0 Å². The van der Waals surface area contributed by atoms with Crippen LogP contribution >= 0.6 is 11.6 Å². The minimum Gasteiger partial charge on any atom is -0.244 e. The molecule has 2 rings (SSSR count). The van der Waals surface area contributed by atoms with Crippen molar-refractivity contribution >= 4 is 11.6 Å². The minimum atomic E-state index is 0.620. The first-order valence-corrected chi connectivity index (χ1v) is 4.68. The van der Waals surface area contributed by atoms with E-state index in [0.717, 1.165) is 11.8 Å². The maximum atomic E-state index is 5.83. The Labute approximate surface area is 77.8 Å². The molecule has 1 aromatic heterocycles. The van der Waals surface area contributed by atoms with Crippen LogP contribution in [-0.2, 0) is 0 Å². The van der Waals surface area contributed by atoms with Crippen molar-refractivity contribution in [3.63, 3.8) is 0 Å². The molecule has 64 valence electrons. The number of hydrogen-bond donors (Lipinski definition) is 0. The molecule has 1 fully saturated rings. The van der Waals surface area contributed by atoms with E-state index in [0.29, 0.717) is 5.15 Å². The Hall–Kier alpha value is -0.560. The van der Waals surface area contributed by atoms with Crippen LogP contribution in [0.25, 0.3) is 0 Å². The highest BCUT2D eigenvalue weighted by molar-refractivity contribution is 6.29. The van der Waals surface area contributed by atoms with Crippen LogP contribution in [0.5, 0.6) is 0 Å². The van der Waals surface area contributed by atoms with Crippen LogP contribution in [0.1, 0.15) is 30.4 Å². The lowest BCUT2D eigenvalue weighted by molar-refractivity contribution is 0.905. The second kappa shape index (κ2) is 2.74. The molecule has 2 heteroatoms. The molecule has 1 saturated carbocycles. The number of hydrogen-bond acceptors (Lipinski definition) is 1. The van der Waals surface area contributed by atoms with Crippen molar-refractivity contribution in [2.45, 2.75) is 26.2 Å². The lowest BCUT2D eigenvalue weighted by atomic mass is 10.1. The third-order valence-electron chi connectivity index (χ3n) is 2.62. The maximum absolute atomic E-state index is 5.83. The highest BCUT2D eigenvalue weighted by atomic mass is 35.5. The molecule has 0 saturated heterocycles. The van der Waals surface area contributed by atoms with E-state index in [2.05, 4.69) is 18.8 Å². The molecule has 0 aromatic carbocycles. The van der Waals surface area contributed by atoms with E-state index in [9.17, 15) is 0 Å². The number of nitrogens with zero attached hydrogens (tertiary/aromatic N) is 1. The summed E-state index contributed by atoms with van der Waals surface area (Å²) < 4.78 is 0. The van der Waals surface area contributed by atoms with Crippen LogP contribution in [0.2, 0.25) is 5.15 Å². The third kappa shape index (κ3) is 1.34. The van der Waals surface area contributed by atoms with Gasteiger partial charge in [0.15, 0.2) is 0 Å². The van der Waals surface area contributed by atoms with Gasteiger partial charge in [-0.1, -0.05) is 18.5 Å². The van der Waals surface area contributed by atoms with Gasteiger partial charge in [0.2, 0.25) is 0 Å². The van der Waals surface area contributed by atoms with Crippen LogP contribution in [-0.4, -0.2) is 4.98 Å². The molecular formula is C10H12ClN. The number of rotatable bonds is 1. The lowest BCUT2D eigenvalue weighted by Gasteiger charge is -2.03. The normalized spacial score (nSPS) is 27.2. The molecule has 12 heavy (non-hydrogen) atoms. The molecule has 2 atom stereocenters. The van der Waals surface area contributed by atoms with Gasteiger partial charge in [0.25, 0.3) is 0 Å². The van der Waals surface area contributed by atoms with Crippen molar-refractivity contribution < 1.29 is 0 Å². The monoisotopic (exact) mass is 181 g/mol. The average Bonchev–Trinajstić information content (AvgIpc) is 2.73. The summed E-state index contributed by atoms with van der Waals surface area (Å²) in [5, 5.41) is 0.620. The van der Waals surface area contributed by atoms with Crippen molar-refractivity contribution in [1.29, 1.82) is 0 Å². The quantitative estimate of drug-likeness (QED) is 0.607. The summed E-state index contributed by atoms with van der Waals surface area (Å²) in [4.78, 5) is 4.04. The number of aromatic nitrogens is 1. The molecule has 0 N–H and O–H groups in total. The summed E-state index contributed by atoms with van der Waals surface area (Å²) >= 11 is 5.83. The van der Waals surface area contributed by atoms with Crippen molar-refractivity contribution in [1.82, 2.24) is 4.98 Å². The zero-order chi connectivity index (χ0) is 8.72. The number of halogens is 1. The van der Waals surface area contributed by atoms with Gasteiger partial charge >= 0.3 is 0 Å². The standard InChI is InChI=1S/C10H12ClN/c1-6-3-8(6)9-4-10(11)12-5-7(9)2/h4-6,8H,3H2,1-2H3. The number of pyridine rings is 1. The molecule has 0 radical (unpaired) electrons. The van der Waals surface area contributed by atoms with Crippen molar-refractivity contribution in [3.05, 3.63) is 28.5 Å². The fourth-order valence-corrected chi connectivity index (χ4v) is 1.83. The topological polar surface area (TPSA) is 12.9 Å². The van der Waals surface area contributed by atoms with Gasteiger partial charge in [-0.3, -0.25) is 0 Å². The largest absolute Gasteiger partial charge is 0.244 e. The summed E-state index contributed by atoms with van der Waals surface area (Å²) in [7, 11) is 0. The van der Waals surface area contributed by atoms with Gasteiger partial charge in [0.1, 0.15) is 5.15 Å². The van der Waals surface area contributed by atoms with E-state index < -0.39 is 0 Å². The summed E-state index contributed by atoms with van der Waals surface area (Å²) in [6, 6.07) is 2.01. The van der Waals surface area contributed by atoms with E-state index in [1.807, 2.05) is 12.3 Å². The molecule has 0 spiro atoms. The highest BCUT2D eigenvalue weighted by Crippen LogP contribution is 2.48. The maximum Gasteiger partial charge on any atom is 0.129 e. The SMILES string of the molecule is Cc1cnc(Cl)cc1C1CC1C. The first-order valence-electron chi connectivity index (χ1n) is 4.30. The molecule has 0 amide bonds. The Morgan fingerprint density at radius 1 is 1.58 bits per heavy atom. The molecular weight excluding hydrogens is 170 g/mol. The van der Waals surface area contributed by atoms with Crippen molar-refractivity contribution in [3.8, 4) is 0 Å². The van der Waals surface area contributed by atoms with Crippen molar-refractivity contribution in [2.75, 3.05) is 0 Å². The van der Waals surface area contributed by atoms with Crippen LogP contribution in [0.15, 0.2) is 12.3 Å². The van der Waals surface area contributed by atoms with Gasteiger partial charge in [-0.2, -0.15) is 0 Å². The Kier molecular flexibility index (Phi) is 1.84. The Bertz CT molecular complexity index is 309. The van der Waals surface area contributed by atoms with Gasteiger partial charge < -0.3 is 0 Å². The zero-order valence-electron chi connectivity index (χ0n) is 7.34. The minimum absolute atomic E-state index is 0.620. The smallest absolute Gasteiger partial charge is 0.129 e. The third-order valence-corrected chi connectivity index (χ3v) is 2.83. The summed E-state index contributed by atoms with van der Waals surface area (Å²) in [6.07, 6.45) is 3.17. The first-order chi connectivity index (χ1) is 5.68. The van der Waals surface area contributed by atoms with E-state index >= 15 is 0 Å². The molecule has 1 heterocycles. The Morgan fingerprint density at radius 3 is 2.83 bits per heavy atom. The molecule has 1 aliphatic carbocycles. The van der Waals surface area contributed by atoms with E-state index in [1.165, 1.54) is 17.5 Å². The van der Waals surface area contributed by atoms with Gasteiger partial charge in [-0.15, -0.1) is 0 Å². The summed E-state index contributed by atoms with van der Waals surface area (Å²) in [6.45, 7) is 4.38. The van der Waals surface area contributed by atoms with Crippen molar-refractivity contribution in [2.24, 2.45) is 5.92 Å². The first kappa shape index (κ1) is 8.06. The van der Waals surface area contributed by atoms with Crippen LogP contribution in [0.3, 0.4) is 0 Å². The fourth-order valence-electron chi connectivity index (χ4n) is 1.67. The molecule has 1 nitrogen and oxygen atoms in total.